The van der Waals surface area contributed by atoms with Gasteiger partial charge in [-0.25, -0.2) is 4.98 Å². The lowest BCUT2D eigenvalue weighted by atomic mass is 10.0. The average molecular weight is 376 g/mol. The molecule has 0 radical (unpaired) electrons. The average Bonchev–Trinajstić information content (AvgIpc) is 3.09. The molecule has 4 aromatic rings. The SMILES string of the molecule is COc1ccc(Cc2nc3scc(-c4ccc(C)c(C)c4)c3c(=O)[nH]2)cc1. The molecule has 136 valence electrons. The summed E-state index contributed by atoms with van der Waals surface area (Å²) in [5.74, 6) is 1.48. The van der Waals surface area contributed by atoms with Crippen LogP contribution in [0.2, 0.25) is 0 Å². The van der Waals surface area contributed by atoms with Crippen molar-refractivity contribution >= 4 is 21.6 Å². The number of nitrogens with zero attached hydrogens (tertiary/aromatic N) is 1. The van der Waals surface area contributed by atoms with E-state index in [-0.39, 0.29) is 5.56 Å². The Balaban J connectivity index is 1.72. The molecular formula is C22H20N2O2S. The van der Waals surface area contributed by atoms with Crippen molar-refractivity contribution in [2.45, 2.75) is 20.3 Å². The van der Waals surface area contributed by atoms with Crippen molar-refractivity contribution in [1.29, 1.82) is 0 Å². The number of nitrogens with one attached hydrogen (secondary N) is 1. The van der Waals surface area contributed by atoms with Crippen LogP contribution in [0.25, 0.3) is 21.3 Å². The third kappa shape index (κ3) is 3.38. The minimum absolute atomic E-state index is 0.0852. The predicted octanol–water partition coefficient (Wildman–Crippen LogP) is 4.87. The Labute approximate surface area is 161 Å². The summed E-state index contributed by atoms with van der Waals surface area (Å²) in [4.78, 5) is 21.2. The van der Waals surface area contributed by atoms with Gasteiger partial charge in [-0.2, -0.15) is 0 Å². The first-order valence-electron chi connectivity index (χ1n) is 8.76. The maximum atomic E-state index is 12.8. The zero-order valence-corrected chi connectivity index (χ0v) is 16.3. The highest BCUT2D eigenvalue weighted by atomic mass is 32.1. The minimum Gasteiger partial charge on any atom is -0.497 e. The first kappa shape index (κ1) is 17.5. The molecule has 0 saturated heterocycles. The largest absolute Gasteiger partial charge is 0.497 e. The lowest BCUT2D eigenvalue weighted by Crippen LogP contribution is -2.11. The molecule has 0 saturated carbocycles. The number of ether oxygens (including phenoxy) is 1. The highest BCUT2D eigenvalue weighted by Gasteiger charge is 2.13. The van der Waals surface area contributed by atoms with Crippen LogP contribution < -0.4 is 10.3 Å². The van der Waals surface area contributed by atoms with E-state index in [1.165, 1.54) is 22.5 Å². The van der Waals surface area contributed by atoms with E-state index in [1.807, 2.05) is 29.6 Å². The van der Waals surface area contributed by atoms with E-state index < -0.39 is 0 Å². The number of aromatic amines is 1. The highest BCUT2D eigenvalue weighted by molar-refractivity contribution is 7.17. The molecule has 0 spiro atoms. The number of thiophene rings is 1. The lowest BCUT2D eigenvalue weighted by molar-refractivity contribution is 0.414. The van der Waals surface area contributed by atoms with Gasteiger partial charge >= 0.3 is 0 Å². The molecule has 0 aliphatic heterocycles. The van der Waals surface area contributed by atoms with E-state index in [4.69, 9.17) is 9.72 Å². The Kier molecular flexibility index (Phi) is 4.54. The van der Waals surface area contributed by atoms with E-state index in [0.717, 1.165) is 27.3 Å². The van der Waals surface area contributed by atoms with Crippen LogP contribution in [0.15, 0.2) is 52.6 Å². The van der Waals surface area contributed by atoms with Crippen molar-refractivity contribution in [2.75, 3.05) is 7.11 Å². The first-order valence-corrected chi connectivity index (χ1v) is 9.64. The normalized spacial score (nSPS) is 11.1. The maximum absolute atomic E-state index is 12.8. The fraction of sp³-hybridized carbons (Fsp3) is 0.182. The second-order valence-corrected chi connectivity index (χ2v) is 7.52. The second-order valence-electron chi connectivity index (χ2n) is 6.67. The molecule has 0 aliphatic carbocycles. The van der Waals surface area contributed by atoms with Gasteiger partial charge < -0.3 is 9.72 Å². The molecule has 27 heavy (non-hydrogen) atoms. The summed E-state index contributed by atoms with van der Waals surface area (Å²) in [7, 11) is 1.64. The molecule has 0 fully saturated rings. The number of hydrogen-bond acceptors (Lipinski definition) is 4. The standard InChI is InChI=1S/C22H20N2O2S/c1-13-4-7-16(10-14(13)2)18-12-27-22-20(18)21(25)23-19(24-22)11-15-5-8-17(26-3)9-6-15/h4-10,12H,11H2,1-3H3,(H,23,24,25). The monoisotopic (exact) mass is 376 g/mol. The number of rotatable bonds is 4. The molecule has 0 bridgehead atoms. The number of benzene rings is 2. The number of hydrogen-bond donors (Lipinski definition) is 1. The van der Waals surface area contributed by atoms with Gasteiger partial charge in [0.25, 0.3) is 5.56 Å². The molecule has 4 rings (SSSR count). The van der Waals surface area contributed by atoms with Gasteiger partial charge in [0.1, 0.15) is 16.4 Å². The van der Waals surface area contributed by atoms with Crippen molar-refractivity contribution in [3.8, 4) is 16.9 Å². The molecule has 0 aliphatic rings. The van der Waals surface area contributed by atoms with Crippen LogP contribution >= 0.6 is 11.3 Å². The van der Waals surface area contributed by atoms with Crippen LogP contribution in [0, 0.1) is 13.8 Å². The summed E-state index contributed by atoms with van der Waals surface area (Å²) in [5.41, 5.74) is 5.45. The van der Waals surface area contributed by atoms with Crippen LogP contribution in [-0.2, 0) is 6.42 Å². The number of methoxy groups -OCH3 is 1. The van der Waals surface area contributed by atoms with Crippen molar-refractivity contribution < 1.29 is 4.74 Å². The maximum Gasteiger partial charge on any atom is 0.260 e. The smallest absolute Gasteiger partial charge is 0.260 e. The molecule has 5 heteroatoms. The molecule has 2 aromatic carbocycles. The second kappa shape index (κ2) is 7.00. The molecule has 0 unspecified atom stereocenters. The first-order chi connectivity index (χ1) is 13.0. The summed E-state index contributed by atoms with van der Waals surface area (Å²) < 4.78 is 5.18. The van der Waals surface area contributed by atoms with Gasteiger partial charge in [0.05, 0.1) is 12.5 Å². The van der Waals surface area contributed by atoms with Crippen LogP contribution in [0.3, 0.4) is 0 Å². The summed E-state index contributed by atoms with van der Waals surface area (Å²) in [6.07, 6.45) is 0.575. The van der Waals surface area contributed by atoms with Gasteiger partial charge in [-0.05, 0) is 48.2 Å². The fourth-order valence-electron chi connectivity index (χ4n) is 3.14. The zero-order chi connectivity index (χ0) is 19.0. The Morgan fingerprint density at radius 1 is 1.07 bits per heavy atom. The summed E-state index contributed by atoms with van der Waals surface area (Å²) in [5, 5.41) is 2.69. The predicted molar refractivity (Wildman–Crippen MR) is 111 cm³/mol. The van der Waals surface area contributed by atoms with E-state index in [2.05, 4.69) is 37.0 Å². The number of fused-ring (bicyclic) bond motifs is 1. The van der Waals surface area contributed by atoms with E-state index in [1.54, 1.807) is 7.11 Å². The highest BCUT2D eigenvalue weighted by Crippen LogP contribution is 2.31. The van der Waals surface area contributed by atoms with Crippen molar-refractivity contribution in [3.63, 3.8) is 0 Å². The topological polar surface area (TPSA) is 55.0 Å². The minimum atomic E-state index is -0.0852. The summed E-state index contributed by atoms with van der Waals surface area (Å²) in [6, 6.07) is 14.1. The Bertz CT molecular complexity index is 1170. The summed E-state index contributed by atoms with van der Waals surface area (Å²) in [6.45, 7) is 4.17. The van der Waals surface area contributed by atoms with Crippen LogP contribution in [0.4, 0.5) is 0 Å². The molecule has 2 aromatic heterocycles. The molecule has 0 amide bonds. The van der Waals surface area contributed by atoms with E-state index >= 15 is 0 Å². The molecule has 2 heterocycles. The lowest BCUT2D eigenvalue weighted by Gasteiger charge is -2.05. The number of aromatic nitrogens is 2. The zero-order valence-electron chi connectivity index (χ0n) is 15.5. The molecule has 0 atom stereocenters. The van der Waals surface area contributed by atoms with Crippen molar-refractivity contribution in [1.82, 2.24) is 9.97 Å². The van der Waals surface area contributed by atoms with Gasteiger partial charge in [-0.1, -0.05) is 30.3 Å². The van der Waals surface area contributed by atoms with Crippen LogP contribution in [-0.4, -0.2) is 17.1 Å². The van der Waals surface area contributed by atoms with E-state index in [0.29, 0.717) is 17.6 Å². The van der Waals surface area contributed by atoms with Gasteiger partial charge in [0, 0.05) is 17.4 Å². The summed E-state index contributed by atoms with van der Waals surface area (Å²) >= 11 is 1.51. The Morgan fingerprint density at radius 3 is 2.56 bits per heavy atom. The Hall–Kier alpha value is -2.92. The fourth-order valence-corrected chi connectivity index (χ4v) is 4.10. The van der Waals surface area contributed by atoms with Crippen LogP contribution in [0.5, 0.6) is 5.75 Å². The Morgan fingerprint density at radius 2 is 1.85 bits per heavy atom. The van der Waals surface area contributed by atoms with E-state index in [9.17, 15) is 4.79 Å². The molecule has 1 N–H and O–H groups in total. The van der Waals surface area contributed by atoms with Crippen LogP contribution in [0.1, 0.15) is 22.5 Å². The van der Waals surface area contributed by atoms with Crippen molar-refractivity contribution in [3.05, 3.63) is 80.7 Å². The molecular weight excluding hydrogens is 356 g/mol. The van der Waals surface area contributed by atoms with Crippen molar-refractivity contribution in [2.24, 2.45) is 0 Å². The third-order valence-electron chi connectivity index (χ3n) is 4.84. The third-order valence-corrected chi connectivity index (χ3v) is 5.71. The van der Waals surface area contributed by atoms with Gasteiger partial charge in [-0.3, -0.25) is 4.79 Å². The number of H-pyrrole nitrogens is 1. The quantitative estimate of drug-likeness (QED) is 0.553. The van der Waals surface area contributed by atoms with Gasteiger partial charge in [0.2, 0.25) is 0 Å². The molecule has 4 nitrogen and oxygen atoms in total. The van der Waals surface area contributed by atoms with Gasteiger partial charge in [-0.15, -0.1) is 11.3 Å². The van der Waals surface area contributed by atoms with Gasteiger partial charge in [0.15, 0.2) is 0 Å². The number of aryl methyl sites for hydroxylation is 2.